The van der Waals surface area contributed by atoms with Crippen LogP contribution in [0.15, 0.2) is 53.4 Å². The average Bonchev–Trinajstić information content (AvgIpc) is 3.40. The number of nitrogens with zero attached hydrogens (tertiary/aromatic N) is 3. The van der Waals surface area contributed by atoms with Crippen LogP contribution in [0.25, 0.3) is 0 Å². The Labute approximate surface area is 201 Å². The van der Waals surface area contributed by atoms with Crippen LogP contribution >= 0.6 is 0 Å². The minimum atomic E-state index is -4.39. The molecule has 4 rings (SSSR count). The van der Waals surface area contributed by atoms with Gasteiger partial charge < -0.3 is 26.3 Å². The van der Waals surface area contributed by atoms with Crippen LogP contribution in [0.4, 0.5) is 18.0 Å². The molecular weight excluding hydrogens is 461 g/mol. The summed E-state index contributed by atoms with van der Waals surface area (Å²) < 4.78 is 40.5. The van der Waals surface area contributed by atoms with Gasteiger partial charge in [0.25, 0.3) is 5.91 Å². The van der Waals surface area contributed by atoms with E-state index in [1.54, 1.807) is 34.2 Å². The second-order valence-electron chi connectivity index (χ2n) is 9.23. The van der Waals surface area contributed by atoms with Gasteiger partial charge in [-0.1, -0.05) is 24.3 Å². The Balaban J connectivity index is 1.44. The molecule has 3 amide bonds. The Bertz CT molecular complexity index is 1070. The van der Waals surface area contributed by atoms with Gasteiger partial charge >= 0.3 is 12.2 Å². The Morgan fingerprint density at radius 1 is 1.14 bits per heavy atom. The van der Waals surface area contributed by atoms with Crippen molar-refractivity contribution in [1.82, 2.24) is 20.4 Å². The van der Waals surface area contributed by atoms with Crippen molar-refractivity contribution in [3.63, 3.8) is 0 Å². The number of rotatable bonds is 2. The standard InChI is InChI=1S/C24H29F3N6O2/c1-14-7-8-18(30-23(35)29-2)13-33(14)21(31-28)22(34)32-11-16-9-15(10-17(16)12-32)19-5-3-4-6-20(19)24(25,26)27/h3-8,13-17H,9-12,28H2,1-2H3,(H2,29,30,35)/b31-21-/t14?,15?,16-,17+. The maximum absolute atomic E-state index is 13.5. The first-order valence-electron chi connectivity index (χ1n) is 11.5. The first kappa shape index (κ1) is 24.6. The third-order valence-electron chi connectivity index (χ3n) is 7.06. The number of urea groups is 1. The van der Waals surface area contributed by atoms with E-state index in [0.29, 0.717) is 37.2 Å². The average molecular weight is 491 g/mol. The van der Waals surface area contributed by atoms with Crippen LogP contribution in [-0.2, 0) is 11.0 Å². The number of carbonyl (C=O) groups excluding carboxylic acids is 2. The van der Waals surface area contributed by atoms with Gasteiger partial charge in [-0.25, -0.2) is 4.79 Å². The zero-order chi connectivity index (χ0) is 25.3. The highest BCUT2D eigenvalue weighted by atomic mass is 19.4. The third kappa shape index (κ3) is 4.98. The van der Waals surface area contributed by atoms with E-state index in [0.717, 1.165) is 6.07 Å². The molecule has 2 heterocycles. The number of amidine groups is 1. The van der Waals surface area contributed by atoms with Crippen molar-refractivity contribution in [1.29, 1.82) is 0 Å². The van der Waals surface area contributed by atoms with Crippen LogP contribution in [-0.4, -0.2) is 53.8 Å². The van der Waals surface area contributed by atoms with Crippen molar-refractivity contribution in [2.75, 3.05) is 20.1 Å². The molecule has 1 saturated carbocycles. The molecule has 2 unspecified atom stereocenters. The Kier molecular flexibility index (Phi) is 6.77. The normalized spacial score (nSPS) is 26.4. The molecule has 1 aromatic rings. The minimum Gasteiger partial charge on any atom is -0.341 e. The second kappa shape index (κ2) is 9.63. The summed E-state index contributed by atoms with van der Waals surface area (Å²) in [5.41, 5.74) is 0.239. The molecule has 0 spiro atoms. The molecule has 1 aromatic carbocycles. The zero-order valence-corrected chi connectivity index (χ0v) is 19.5. The van der Waals surface area contributed by atoms with Crippen LogP contribution < -0.4 is 16.5 Å². The van der Waals surface area contributed by atoms with Crippen molar-refractivity contribution in [2.24, 2.45) is 22.8 Å². The summed E-state index contributed by atoms with van der Waals surface area (Å²) in [6.07, 6.45) is 1.95. The molecule has 4 N–H and O–H groups in total. The molecule has 11 heteroatoms. The summed E-state index contributed by atoms with van der Waals surface area (Å²) in [6, 6.07) is 5.14. The van der Waals surface area contributed by atoms with Crippen molar-refractivity contribution in [2.45, 2.75) is 37.9 Å². The van der Waals surface area contributed by atoms with E-state index >= 15 is 0 Å². The maximum atomic E-state index is 13.5. The monoisotopic (exact) mass is 490 g/mol. The first-order chi connectivity index (χ1) is 16.6. The van der Waals surface area contributed by atoms with Gasteiger partial charge in [-0.05, 0) is 55.2 Å². The van der Waals surface area contributed by atoms with Crippen molar-refractivity contribution >= 4 is 17.8 Å². The number of likely N-dealkylation sites (tertiary alicyclic amines) is 1. The van der Waals surface area contributed by atoms with E-state index in [4.69, 9.17) is 5.84 Å². The van der Waals surface area contributed by atoms with Crippen LogP contribution in [0.1, 0.15) is 36.8 Å². The van der Waals surface area contributed by atoms with Crippen LogP contribution in [0.5, 0.6) is 0 Å². The molecule has 3 aliphatic rings. The first-order valence-corrected chi connectivity index (χ1v) is 11.5. The molecular formula is C24H29F3N6O2. The van der Waals surface area contributed by atoms with Gasteiger partial charge in [0.15, 0.2) is 0 Å². The van der Waals surface area contributed by atoms with Crippen LogP contribution in [0, 0.1) is 11.8 Å². The number of fused-ring (bicyclic) bond motifs is 1. The highest BCUT2D eigenvalue weighted by Gasteiger charge is 2.46. The number of benzene rings is 1. The topological polar surface area (TPSA) is 103 Å². The largest absolute Gasteiger partial charge is 0.416 e. The molecule has 1 saturated heterocycles. The lowest BCUT2D eigenvalue weighted by Gasteiger charge is -2.31. The van der Waals surface area contributed by atoms with Crippen molar-refractivity contribution in [3.8, 4) is 0 Å². The number of alkyl halides is 3. The van der Waals surface area contributed by atoms with E-state index in [1.165, 1.54) is 13.1 Å². The van der Waals surface area contributed by atoms with Gasteiger partial charge in [0.2, 0.25) is 5.84 Å². The molecule has 4 atom stereocenters. The zero-order valence-electron chi connectivity index (χ0n) is 19.5. The molecule has 0 radical (unpaired) electrons. The van der Waals surface area contributed by atoms with Gasteiger partial charge in [-0.15, -0.1) is 0 Å². The Morgan fingerprint density at radius 2 is 1.80 bits per heavy atom. The molecule has 35 heavy (non-hydrogen) atoms. The molecule has 1 aliphatic carbocycles. The fourth-order valence-electron chi connectivity index (χ4n) is 5.37. The van der Waals surface area contributed by atoms with Crippen LogP contribution in [0.3, 0.4) is 0 Å². The molecule has 0 aromatic heterocycles. The quantitative estimate of drug-likeness (QED) is 0.257. The number of nitrogens with two attached hydrogens (primary N) is 1. The third-order valence-corrected chi connectivity index (χ3v) is 7.06. The minimum absolute atomic E-state index is 0.0389. The highest BCUT2D eigenvalue weighted by Crippen LogP contribution is 2.48. The fourth-order valence-corrected chi connectivity index (χ4v) is 5.37. The van der Waals surface area contributed by atoms with Gasteiger partial charge in [0.05, 0.1) is 17.3 Å². The van der Waals surface area contributed by atoms with E-state index in [1.807, 2.05) is 13.0 Å². The molecule has 188 valence electrons. The van der Waals surface area contributed by atoms with Crippen molar-refractivity contribution in [3.05, 3.63) is 59.4 Å². The number of amides is 3. The smallest absolute Gasteiger partial charge is 0.341 e. The highest BCUT2D eigenvalue weighted by molar-refractivity contribution is 6.38. The molecule has 2 aliphatic heterocycles. The SMILES string of the molecule is CNC(=O)NC1=CN(/C(=N\N)C(=O)N2C[C@H]3CC(c4ccccc4C(F)(F)F)C[C@H]3C2)C(C)C=C1. The van der Waals surface area contributed by atoms with Gasteiger partial charge in [-0.3, -0.25) is 4.79 Å². The van der Waals surface area contributed by atoms with E-state index in [-0.39, 0.29) is 35.5 Å². The summed E-state index contributed by atoms with van der Waals surface area (Å²) in [4.78, 5) is 28.3. The summed E-state index contributed by atoms with van der Waals surface area (Å²) in [6.45, 7) is 2.75. The number of carbonyl (C=O) groups is 2. The molecule has 0 bridgehead atoms. The lowest BCUT2D eigenvalue weighted by Crippen LogP contribution is -2.47. The number of nitrogens with one attached hydrogen (secondary N) is 2. The number of halogens is 3. The lowest BCUT2D eigenvalue weighted by molar-refractivity contribution is -0.138. The number of hydrogen-bond acceptors (Lipinski definition) is 4. The number of hydrogen-bond donors (Lipinski definition) is 3. The predicted octanol–water partition coefficient (Wildman–Crippen LogP) is 2.96. The summed E-state index contributed by atoms with van der Waals surface area (Å²) >= 11 is 0. The summed E-state index contributed by atoms with van der Waals surface area (Å²) in [7, 11) is 1.50. The summed E-state index contributed by atoms with van der Waals surface area (Å²) in [5.74, 6) is 5.36. The molecule has 8 nitrogen and oxygen atoms in total. The van der Waals surface area contributed by atoms with Gasteiger partial charge in [-0.2, -0.15) is 18.3 Å². The van der Waals surface area contributed by atoms with Crippen LogP contribution in [0.2, 0.25) is 0 Å². The van der Waals surface area contributed by atoms with Gasteiger partial charge in [0.1, 0.15) is 0 Å². The molecule has 2 fully saturated rings. The van der Waals surface area contributed by atoms with Crippen molar-refractivity contribution < 1.29 is 22.8 Å². The van der Waals surface area contributed by atoms with E-state index in [2.05, 4.69) is 15.7 Å². The fraction of sp³-hybridized carbons (Fsp3) is 0.458. The predicted molar refractivity (Wildman–Crippen MR) is 125 cm³/mol. The summed E-state index contributed by atoms with van der Waals surface area (Å²) in [5, 5.41) is 8.87. The Hall–Kier alpha value is -3.50. The maximum Gasteiger partial charge on any atom is 0.416 e. The number of allylic oxidation sites excluding steroid dienone is 1. The number of hydrazone groups is 1. The van der Waals surface area contributed by atoms with Gasteiger partial charge in [0, 0.05) is 26.3 Å². The van der Waals surface area contributed by atoms with E-state index in [9.17, 15) is 22.8 Å². The van der Waals surface area contributed by atoms with E-state index < -0.39 is 17.8 Å². The Morgan fingerprint density at radius 3 is 2.40 bits per heavy atom. The lowest BCUT2D eigenvalue weighted by atomic mass is 9.91. The second-order valence-corrected chi connectivity index (χ2v) is 9.23.